The van der Waals surface area contributed by atoms with Crippen molar-refractivity contribution in [1.82, 2.24) is 15.1 Å². The molecule has 4 nitrogen and oxygen atoms in total. The van der Waals surface area contributed by atoms with Gasteiger partial charge < -0.3 is 10.1 Å². The minimum Gasteiger partial charge on any atom is -0.374 e. The Bertz CT molecular complexity index is 285. The smallest absolute Gasteiger partial charge is 0.0829 e. The number of nitrogens with one attached hydrogen (secondary N) is 1. The summed E-state index contributed by atoms with van der Waals surface area (Å²) in [5, 5.41) is 3.67. The molecule has 0 amide bonds. The molecule has 1 N–H and O–H groups in total. The van der Waals surface area contributed by atoms with Crippen LogP contribution >= 0.6 is 0 Å². The number of hydrogen-bond donors (Lipinski definition) is 1. The molecular weight excluding hydrogens is 250 g/mol. The van der Waals surface area contributed by atoms with Crippen LogP contribution in [0.5, 0.6) is 0 Å². The van der Waals surface area contributed by atoms with E-state index in [9.17, 15) is 0 Å². The molecule has 2 rings (SSSR count). The molecule has 20 heavy (non-hydrogen) atoms. The maximum Gasteiger partial charge on any atom is 0.0829 e. The highest BCUT2D eigenvalue weighted by atomic mass is 16.5. The van der Waals surface area contributed by atoms with Crippen molar-refractivity contribution in [3.63, 3.8) is 0 Å². The van der Waals surface area contributed by atoms with E-state index in [0.29, 0.717) is 24.2 Å². The first-order chi connectivity index (χ1) is 9.63. The molecule has 2 saturated heterocycles. The summed E-state index contributed by atoms with van der Waals surface area (Å²) < 4.78 is 6.02. The molecule has 0 aromatic heterocycles. The number of nitrogens with zero attached hydrogens (tertiary/aromatic N) is 2. The summed E-state index contributed by atoms with van der Waals surface area (Å²) in [6.45, 7) is 15.6. The van der Waals surface area contributed by atoms with E-state index in [1.165, 1.54) is 19.4 Å². The molecule has 0 radical (unpaired) electrons. The van der Waals surface area contributed by atoms with Gasteiger partial charge >= 0.3 is 0 Å². The van der Waals surface area contributed by atoms with Gasteiger partial charge in [-0.05, 0) is 26.7 Å². The Morgan fingerprint density at radius 1 is 1.20 bits per heavy atom. The second-order valence-corrected chi connectivity index (χ2v) is 6.61. The Balaban J connectivity index is 1.89. The molecule has 2 aliphatic heterocycles. The van der Waals surface area contributed by atoms with Gasteiger partial charge in [-0.25, -0.2) is 0 Å². The quantitative estimate of drug-likeness (QED) is 0.829. The second-order valence-electron chi connectivity index (χ2n) is 6.61. The van der Waals surface area contributed by atoms with Crippen molar-refractivity contribution in [3.05, 3.63) is 0 Å². The van der Waals surface area contributed by atoms with Gasteiger partial charge in [-0.15, -0.1) is 0 Å². The zero-order valence-electron chi connectivity index (χ0n) is 13.8. The molecule has 0 aliphatic carbocycles. The van der Waals surface area contributed by atoms with E-state index in [-0.39, 0.29) is 0 Å². The van der Waals surface area contributed by atoms with E-state index in [4.69, 9.17) is 4.74 Å². The summed E-state index contributed by atoms with van der Waals surface area (Å²) in [6, 6.07) is 1.97. The summed E-state index contributed by atoms with van der Waals surface area (Å²) in [4.78, 5) is 5.22. The lowest BCUT2D eigenvalue weighted by molar-refractivity contribution is -0.0612. The largest absolute Gasteiger partial charge is 0.374 e. The normalized spacial score (nSPS) is 33.8. The van der Waals surface area contributed by atoms with Crippen molar-refractivity contribution in [3.8, 4) is 0 Å². The topological polar surface area (TPSA) is 27.7 Å². The Labute approximate surface area is 124 Å². The number of piperazine rings is 1. The second kappa shape index (κ2) is 7.74. The van der Waals surface area contributed by atoms with E-state index in [2.05, 4.69) is 42.8 Å². The van der Waals surface area contributed by atoms with Gasteiger partial charge in [-0.1, -0.05) is 13.8 Å². The molecule has 2 heterocycles. The molecule has 118 valence electrons. The average molecular weight is 283 g/mol. The maximum absolute atomic E-state index is 6.02. The monoisotopic (exact) mass is 283 g/mol. The van der Waals surface area contributed by atoms with Crippen LogP contribution in [0.25, 0.3) is 0 Å². The first-order valence-corrected chi connectivity index (χ1v) is 8.47. The molecular formula is C16H33N3O. The summed E-state index contributed by atoms with van der Waals surface area (Å²) in [6.07, 6.45) is 2.83. The first-order valence-electron chi connectivity index (χ1n) is 8.47. The SMILES string of the molecule is CCC1CN(CC2CN(C(C)C)CCO2)C(CC)CN1. The molecule has 0 bridgehead atoms. The lowest BCUT2D eigenvalue weighted by atomic mass is 10.0. The van der Waals surface area contributed by atoms with Gasteiger partial charge in [0.1, 0.15) is 0 Å². The van der Waals surface area contributed by atoms with Gasteiger partial charge in [0.2, 0.25) is 0 Å². The van der Waals surface area contributed by atoms with E-state index in [0.717, 1.165) is 32.8 Å². The Kier molecular flexibility index (Phi) is 6.27. The van der Waals surface area contributed by atoms with Crippen molar-refractivity contribution in [2.45, 2.75) is 64.8 Å². The third-order valence-corrected chi connectivity index (χ3v) is 4.92. The standard InChI is InChI=1S/C16H33N3O/c1-5-14-10-19(15(6-2)9-17-14)12-16-11-18(13(3)4)7-8-20-16/h13-17H,5-12H2,1-4H3. The lowest BCUT2D eigenvalue weighted by Gasteiger charge is -2.43. The van der Waals surface area contributed by atoms with Crippen LogP contribution in [-0.4, -0.2) is 73.4 Å². The molecule has 3 atom stereocenters. The summed E-state index contributed by atoms with van der Waals surface area (Å²) in [5.41, 5.74) is 0. The molecule has 0 aromatic carbocycles. The maximum atomic E-state index is 6.02. The van der Waals surface area contributed by atoms with Gasteiger partial charge in [-0.2, -0.15) is 0 Å². The highest BCUT2D eigenvalue weighted by Crippen LogP contribution is 2.16. The van der Waals surface area contributed by atoms with Crippen LogP contribution in [-0.2, 0) is 4.74 Å². The number of morpholine rings is 1. The van der Waals surface area contributed by atoms with Crippen molar-refractivity contribution < 1.29 is 4.74 Å². The van der Waals surface area contributed by atoms with Crippen LogP contribution in [0.2, 0.25) is 0 Å². The van der Waals surface area contributed by atoms with Gasteiger partial charge in [0.05, 0.1) is 12.7 Å². The predicted octanol–water partition coefficient (Wildman–Crippen LogP) is 1.56. The minimum absolute atomic E-state index is 0.385. The van der Waals surface area contributed by atoms with Crippen molar-refractivity contribution in [2.24, 2.45) is 0 Å². The van der Waals surface area contributed by atoms with Crippen LogP contribution in [0, 0.1) is 0 Å². The minimum atomic E-state index is 0.385. The number of ether oxygens (including phenoxy) is 1. The molecule has 4 heteroatoms. The first kappa shape index (κ1) is 16.2. The molecule has 2 aliphatic rings. The Hall–Kier alpha value is -0.160. The number of hydrogen-bond acceptors (Lipinski definition) is 4. The van der Waals surface area contributed by atoms with Crippen LogP contribution < -0.4 is 5.32 Å². The van der Waals surface area contributed by atoms with Gasteiger partial charge in [0, 0.05) is 50.8 Å². The van der Waals surface area contributed by atoms with Crippen molar-refractivity contribution in [1.29, 1.82) is 0 Å². The molecule has 3 unspecified atom stereocenters. The molecule has 0 aromatic rings. The van der Waals surface area contributed by atoms with Crippen LogP contribution in [0.4, 0.5) is 0 Å². The van der Waals surface area contributed by atoms with E-state index >= 15 is 0 Å². The fraction of sp³-hybridized carbons (Fsp3) is 1.00. The van der Waals surface area contributed by atoms with Crippen LogP contribution in [0.1, 0.15) is 40.5 Å². The average Bonchev–Trinajstić information content (AvgIpc) is 2.47. The Morgan fingerprint density at radius 2 is 2.00 bits per heavy atom. The van der Waals surface area contributed by atoms with E-state index in [1.807, 2.05) is 0 Å². The van der Waals surface area contributed by atoms with Gasteiger partial charge in [-0.3, -0.25) is 9.80 Å². The van der Waals surface area contributed by atoms with Gasteiger partial charge in [0.15, 0.2) is 0 Å². The van der Waals surface area contributed by atoms with Crippen molar-refractivity contribution >= 4 is 0 Å². The third-order valence-electron chi connectivity index (χ3n) is 4.92. The number of rotatable bonds is 5. The highest BCUT2D eigenvalue weighted by molar-refractivity contribution is 4.87. The lowest BCUT2D eigenvalue weighted by Crippen LogP contribution is -2.59. The van der Waals surface area contributed by atoms with Crippen molar-refractivity contribution in [2.75, 3.05) is 39.3 Å². The van der Waals surface area contributed by atoms with E-state index in [1.54, 1.807) is 0 Å². The van der Waals surface area contributed by atoms with E-state index < -0.39 is 0 Å². The predicted molar refractivity (Wildman–Crippen MR) is 84.2 cm³/mol. The fourth-order valence-electron chi connectivity index (χ4n) is 3.41. The molecule has 0 spiro atoms. The summed E-state index contributed by atoms with van der Waals surface area (Å²) in [7, 11) is 0. The van der Waals surface area contributed by atoms with Crippen LogP contribution in [0.3, 0.4) is 0 Å². The van der Waals surface area contributed by atoms with Gasteiger partial charge in [0.25, 0.3) is 0 Å². The Morgan fingerprint density at radius 3 is 2.65 bits per heavy atom. The molecule has 0 saturated carbocycles. The molecule has 2 fully saturated rings. The summed E-state index contributed by atoms with van der Waals surface area (Å²) >= 11 is 0. The third kappa shape index (κ3) is 4.17. The highest BCUT2D eigenvalue weighted by Gasteiger charge is 2.30. The van der Waals surface area contributed by atoms with Crippen LogP contribution in [0.15, 0.2) is 0 Å². The zero-order valence-corrected chi connectivity index (χ0v) is 13.8. The summed E-state index contributed by atoms with van der Waals surface area (Å²) in [5.74, 6) is 0. The fourth-order valence-corrected chi connectivity index (χ4v) is 3.41. The zero-order chi connectivity index (χ0) is 14.5.